The first kappa shape index (κ1) is 13.2. The maximum Gasteiger partial charge on any atom is 0.274 e. The maximum absolute atomic E-state index is 12.5. The lowest BCUT2D eigenvalue weighted by Crippen LogP contribution is -2.32. The molecule has 2 aromatic heterocycles. The fourth-order valence-corrected chi connectivity index (χ4v) is 1.94. The topological polar surface area (TPSA) is 77.3 Å². The minimum Gasteiger partial charge on any atom is -0.467 e. The Morgan fingerprint density at radius 3 is 2.89 bits per heavy atom. The number of nitrogens with zero attached hydrogens (tertiary/aromatic N) is 3. The summed E-state index contributed by atoms with van der Waals surface area (Å²) in [4.78, 5) is 14.2. The van der Waals surface area contributed by atoms with Crippen molar-refractivity contribution in [1.82, 2.24) is 14.7 Å². The van der Waals surface area contributed by atoms with Gasteiger partial charge in [0.05, 0.1) is 24.7 Å². The number of furan rings is 1. The normalized spacial score (nSPS) is 10.6. The van der Waals surface area contributed by atoms with Gasteiger partial charge in [0, 0.05) is 13.1 Å². The highest BCUT2D eigenvalue weighted by Gasteiger charge is 2.22. The maximum atomic E-state index is 12.5. The van der Waals surface area contributed by atoms with Gasteiger partial charge in [-0.3, -0.25) is 9.48 Å². The van der Waals surface area contributed by atoms with Gasteiger partial charge in [-0.15, -0.1) is 0 Å². The summed E-state index contributed by atoms with van der Waals surface area (Å²) >= 11 is 0. The second kappa shape index (κ2) is 5.60. The van der Waals surface area contributed by atoms with Gasteiger partial charge in [-0.05, 0) is 26.0 Å². The molecule has 0 aromatic carbocycles. The SMILES string of the molecule is CCN(Cc1ccco1)C(=O)c1c(N)cnn1CC. The standard InChI is InChI=1S/C13H18N4O2/c1-3-16(9-10-6-5-7-19-10)13(18)12-11(14)8-15-17(12)4-2/h5-8H,3-4,9,14H2,1-2H3. The third-order valence-corrected chi connectivity index (χ3v) is 2.97. The van der Waals surface area contributed by atoms with E-state index in [1.165, 1.54) is 6.20 Å². The molecular formula is C13H18N4O2. The monoisotopic (exact) mass is 262 g/mol. The average molecular weight is 262 g/mol. The van der Waals surface area contributed by atoms with Crippen molar-refractivity contribution in [3.05, 3.63) is 36.0 Å². The summed E-state index contributed by atoms with van der Waals surface area (Å²) in [5, 5.41) is 4.09. The van der Waals surface area contributed by atoms with Crippen molar-refractivity contribution in [3.63, 3.8) is 0 Å². The van der Waals surface area contributed by atoms with E-state index in [4.69, 9.17) is 10.2 Å². The van der Waals surface area contributed by atoms with Crippen LogP contribution < -0.4 is 5.73 Å². The molecule has 0 unspecified atom stereocenters. The molecule has 2 rings (SSSR count). The number of anilines is 1. The largest absolute Gasteiger partial charge is 0.467 e. The zero-order chi connectivity index (χ0) is 13.8. The quantitative estimate of drug-likeness (QED) is 0.890. The average Bonchev–Trinajstić information content (AvgIpc) is 3.04. The molecule has 6 nitrogen and oxygen atoms in total. The number of nitrogen functional groups attached to an aromatic ring is 1. The first-order valence-electron chi connectivity index (χ1n) is 6.30. The first-order chi connectivity index (χ1) is 9.17. The van der Waals surface area contributed by atoms with E-state index in [1.807, 2.05) is 19.9 Å². The summed E-state index contributed by atoms with van der Waals surface area (Å²) in [7, 11) is 0. The van der Waals surface area contributed by atoms with Gasteiger partial charge >= 0.3 is 0 Å². The number of carbonyl (C=O) groups excluding carboxylic acids is 1. The van der Waals surface area contributed by atoms with Gasteiger partial charge < -0.3 is 15.1 Å². The van der Waals surface area contributed by atoms with Gasteiger partial charge in [0.25, 0.3) is 5.91 Å². The van der Waals surface area contributed by atoms with Crippen molar-refractivity contribution < 1.29 is 9.21 Å². The Bertz CT molecular complexity index is 545. The lowest BCUT2D eigenvalue weighted by Gasteiger charge is -2.20. The summed E-state index contributed by atoms with van der Waals surface area (Å²) in [6, 6.07) is 3.65. The first-order valence-corrected chi connectivity index (χ1v) is 6.30. The summed E-state index contributed by atoms with van der Waals surface area (Å²) in [5.74, 6) is 0.618. The molecule has 0 saturated carbocycles. The van der Waals surface area contributed by atoms with Crippen LogP contribution in [0.2, 0.25) is 0 Å². The molecule has 0 aliphatic heterocycles. The fourth-order valence-electron chi connectivity index (χ4n) is 1.94. The van der Waals surface area contributed by atoms with Crippen molar-refractivity contribution in [3.8, 4) is 0 Å². The van der Waals surface area contributed by atoms with Crippen molar-refractivity contribution in [2.45, 2.75) is 26.9 Å². The van der Waals surface area contributed by atoms with E-state index >= 15 is 0 Å². The molecule has 1 amide bonds. The van der Waals surface area contributed by atoms with Crippen molar-refractivity contribution in [2.75, 3.05) is 12.3 Å². The molecule has 2 aromatic rings. The van der Waals surface area contributed by atoms with Crippen LogP contribution in [0.15, 0.2) is 29.0 Å². The number of nitrogens with two attached hydrogens (primary N) is 1. The van der Waals surface area contributed by atoms with Crippen LogP contribution >= 0.6 is 0 Å². The van der Waals surface area contributed by atoms with E-state index in [-0.39, 0.29) is 5.91 Å². The van der Waals surface area contributed by atoms with E-state index in [0.717, 1.165) is 5.76 Å². The molecular weight excluding hydrogens is 244 g/mol. The molecule has 102 valence electrons. The molecule has 0 bridgehead atoms. The van der Waals surface area contributed by atoms with E-state index in [2.05, 4.69) is 5.10 Å². The van der Waals surface area contributed by atoms with Crippen molar-refractivity contribution >= 4 is 11.6 Å². The smallest absolute Gasteiger partial charge is 0.274 e. The van der Waals surface area contributed by atoms with Crippen LogP contribution in [-0.2, 0) is 13.1 Å². The van der Waals surface area contributed by atoms with E-state index < -0.39 is 0 Å². The number of aryl methyl sites for hydroxylation is 1. The third-order valence-electron chi connectivity index (χ3n) is 2.97. The Morgan fingerprint density at radius 2 is 2.32 bits per heavy atom. The molecule has 6 heteroatoms. The van der Waals surface area contributed by atoms with E-state index in [9.17, 15) is 4.79 Å². The Kier molecular flexibility index (Phi) is 3.89. The van der Waals surface area contributed by atoms with Crippen molar-refractivity contribution in [1.29, 1.82) is 0 Å². The molecule has 19 heavy (non-hydrogen) atoms. The Balaban J connectivity index is 2.23. The Labute approximate surface area is 111 Å². The molecule has 0 radical (unpaired) electrons. The lowest BCUT2D eigenvalue weighted by molar-refractivity contribution is 0.0730. The van der Waals surface area contributed by atoms with Gasteiger partial charge in [-0.2, -0.15) is 5.10 Å². The predicted molar refractivity (Wildman–Crippen MR) is 71.4 cm³/mol. The van der Waals surface area contributed by atoms with Crippen LogP contribution in [0, 0.1) is 0 Å². The second-order valence-corrected chi connectivity index (χ2v) is 4.16. The number of hydrogen-bond donors (Lipinski definition) is 1. The second-order valence-electron chi connectivity index (χ2n) is 4.16. The molecule has 0 aliphatic carbocycles. The number of amides is 1. The summed E-state index contributed by atoms with van der Waals surface area (Å²) < 4.78 is 6.89. The Hall–Kier alpha value is -2.24. The molecule has 0 spiro atoms. The summed E-state index contributed by atoms with van der Waals surface area (Å²) in [6.45, 7) is 5.46. The minimum absolute atomic E-state index is 0.129. The van der Waals surface area contributed by atoms with Gasteiger partial charge in [-0.1, -0.05) is 0 Å². The van der Waals surface area contributed by atoms with Gasteiger partial charge in [0.2, 0.25) is 0 Å². The van der Waals surface area contributed by atoms with Crippen LogP contribution in [0.25, 0.3) is 0 Å². The zero-order valence-electron chi connectivity index (χ0n) is 11.2. The lowest BCUT2D eigenvalue weighted by atomic mass is 10.3. The number of carbonyl (C=O) groups is 1. The fraction of sp³-hybridized carbons (Fsp3) is 0.385. The molecule has 0 atom stereocenters. The van der Waals surface area contributed by atoms with Crippen molar-refractivity contribution in [2.24, 2.45) is 0 Å². The molecule has 2 heterocycles. The van der Waals surface area contributed by atoms with Crippen LogP contribution in [-0.4, -0.2) is 27.1 Å². The van der Waals surface area contributed by atoms with Crippen LogP contribution in [0.3, 0.4) is 0 Å². The van der Waals surface area contributed by atoms with Crippen LogP contribution in [0.4, 0.5) is 5.69 Å². The predicted octanol–water partition coefficient (Wildman–Crippen LogP) is 1.74. The highest BCUT2D eigenvalue weighted by atomic mass is 16.3. The molecule has 2 N–H and O–H groups in total. The van der Waals surface area contributed by atoms with Gasteiger partial charge in [0.1, 0.15) is 11.5 Å². The highest BCUT2D eigenvalue weighted by molar-refractivity contribution is 5.97. The van der Waals surface area contributed by atoms with E-state index in [0.29, 0.717) is 31.0 Å². The Morgan fingerprint density at radius 1 is 1.53 bits per heavy atom. The molecule has 0 saturated heterocycles. The molecule has 0 aliphatic rings. The van der Waals surface area contributed by atoms with E-state index in [1.54, 1.807) is 21.9 Å². The highest BCUT2D eigenvalue weighted by Crippen LogP contribution is 2.16. The van der Waals surface area contributed by atoms with Gasteiger partial charge in [0.15, 0.2) is 0 Å². The number of aromatic nitrogens is 2. The summed E-state index contributed by atoms with van der Waals surface area (Å²) in [5.41, 5.74) is 6.68. The summed E-state index contributed by atoms with van der Waals surface area (Å²) in [6.07, 6.45) is 3.11. The zero-order valence-corrected chi connectivity index (χ0v) is 11.2. The number of rotatable bonds is 5. The number of hydrogen-bond acceptors (Lipinski definition) is 4. The minimum atomic E-state index is -0.129. The molecule has 0 fully saturated rings. The van der Waals surface area contributed by atoms with Crippen LogP contribution in [0.1, 0.15) is 30.1 Å². The van der Waals surface area contributed by atoms with Gasteiger partial charge in [-0.25, -0.2) is 0 Å². The third kappa shape index (κ3) is 2.62. The van der Waals surface area contributed by atoms with Crippen LogP contribution in [0.5, 0.6) is 0 Å².